The van der Waals surface area contributed by atoms with E-state index < -0.39 is 21.3 Å². The quantitative estimate of drug-likeness (QED) is 0.671. The Kier molecular flexibility index (Phi) is 4.38. The van der Waals surface area contributed by atoms with Crippen molar-refractivity contribution in [2.24, 2.45) is 16.7 Å². The van der Waals surface area contributed by atoms with Crippen LogP contribution in [0, 0.1) is 16.7 Å². The summed E-state index contributed by atoms with van der Waals surface area (Å²) >= 11 is 0. The molecule has 1 aromatic heterocycles. The third kappa shape index (κ3) is 3.30. The Labute approximate surface area is 135 Å². The summed E-state index contributed by atoms with van der Waals surface area (Å²) in [5.41, 5.74) is 9.26. The summed E-state index contributed by atoms with van der Waals surface area (Å²) in [6.07, 6.45) is 3.48. The number of anilines is 2. The second-order valence-electron chi connectivity index (χ2n) is 6.73. The first-order valence-electron chi connectivity index (χ1n) is 7.30. The number of nitrogen functional groups attached to an aromatic ring is 2. The molecule has 2 aliphatic carbocycles. The second kappa shape index (κ2) is 5.72. The van der Waals surface area contributed by atoms with E-state index in [9.17, 15) is 13.2 Å². The van der Waals surface area contributed by atoms with E-state index in [1.54, 1.807) is 6.07 Å². The van der Waals surface area contributed by atoms with Crippen LogP contribution in [0.1, 0.15) is 33.1 Å². The van der Waals surface area contributed by atoms with E-state index in [1.165, 1.54) is 6.20 Å². The van der Waals surface area contributed by atoms with Crippen molar-refractivity contribution in [3.63, 3.8) is 0 Å². The highest BCUT2D eigenvalue weighted by atomic mass is 32.2. The van der Waals surface area contributed by atoms with Crippen molar-refractivity contribution in [2.45, 2.75) is 33.1 Å². The molecule has 0 aromatic carbocycles. The van der Waals surface area contributed by atoms with Crippen LogP contribution in [0.25, 0.3) is 0 Å². The summed E-state index contributed by atoms with van der Waals surface area (Å²) in [4.78, 5) is 19.1. The highest BCUT2D eigenvalue weighted by molar-refractivity contribution is 7.85. The van der Waals surface area contributed by atoms with Gasteiger partial charge in [-0.25, -0.2) is 4.98 Å². The van der Waals surface area contributed by atoms with Gasteiger partial charge in [-0.3, -0.25) is 9.35 Å². The van der Waals surface area contributed by atoms with E-state index >= 15 is 0 Å². The van der Waals surface area contributed by atoms with Crippen molar-refractivity contribution in [1.29, 1.82) is 0 Å². The molecule has 5 N–H and O–H groups in total. The van der Waals surface area contributed by atoms with Crippen LogP contribution in [0.2, 0.25) is 0 Å². The standard InChI is InChI=1S/C10H16O4S.C4H6N4/c1-9(2)7-3-4-10(9,8(11)5-7)6-15(12,13)14;5-3-1-2-7-4(6)8-3/h7H,3-6H2,1-2H3,(H,12,13,14);1-2H,(H4,5,6,7,8)/t7?,10-;/m1./s1. The highest BCUT2D eigenvalue weighted by Crippen LogP contribution is 2.64. The third-order valence-electron chi connectivity index (χ3n) is 5.26. The first-order chi connectivity index (χ1) is 10.5. The van der Waals surface area contributed by atoms with Gasteiger partial charge >= 0.3 is 0 Å². The average Bonchev–Trinajstić information content (AvgIpc) is 2.71. The van der Waals surface area contributed by atoms with Crippen molar-refractivity contribution < 1.29 is 17.8 Å². The number of Topliss-reactive ketones (excluding diaryl/α,β-unsaturated/α-hetero) is 1. The lowest BCUT2D eigenvalue weighted by Crippen LogP contribution is -2.42. The van der Waals surface area contributed by atoms with E-state index in [4.69, 9.17) is 16.0 Å². The summed E-state index contributed by atoms with van der Waals surface area (Å²) in [5, 5.41) is 0. The van der Waals surface area contributed by atoms with Crippen LogP contribution in [0.15, 0.2) is 12.3 Å². The molecular weight excluding hydrogens is 320 g/mol. The number of nitrogens with zero attached hydrogens (tertiary/aromatic N) is 2. The molecule has 2 bridgehead atoms. The Hall–Kier alpha value is -1.74. The molecule has 2 atom stereocenters. The molecule has 2 aliphatic rings. The first kappa shape index (κ1) is 17.6. The van der Waals surface area contributed by atoms with Crippen molar-refractivity contribution in [1.82, 2.24) is 9.97 Å². The second-order valence-corrected chi connectivity index (χ2v) is 8.19. The largest absolute Gasteiger partial charge is 0.384 e. The summed E-state index contributed by atoms with van der Waals surface area (Å²) < 4.78 is 31.0. The van der Waals surface area contributed by atoms with Crippen molar-refractivity contribution in [3.8, 4) is 0 Å². The lowest BCUT2D eigenvalue weighted by atomic mass is 9.70. The Morgan fingerprint density at radius 2 is 2.04 bits per heavy atom. The number of hydrogen-bond acceptors (Lipinski definition) is 7. The topological polar surface area (TPSA) is 149 Å². The molecule has 8 nitrogen and oxygen atoms in total. The van der Waals surface area contributed by atoms with Crippen LogP contribution >= 0.6 is 0 Å². The lowest BCUT2D eigenvalue weighted by molar-refractivity contribution is -0.128. The monoisotopic (exact) mass is 342 g/mol. The Balaban J connectivity index is 0.000000203. The number of carbonyl (C=O) groups excluding carboxylic acids is 1. The molecule has 9 heteroatoms. The van der Waals surface area contributed by atoms with Gasteiger partial charge in [0.2, 0.25) is 5.95 Å². The molecule has 3 rings (SSSR count). The molecule has 23 heavy (non-hydrogen) atoms. The van der Waals surface area contributed by atoms with E-state index in [1.807, 2.05) is 13.8 Å². The number of hydrogen-bond donors (Lipinski definition) is 3. The van der Waals surface area contributed by atoms with E-state index in [2.05, 4.69) is 9.97 Å². The van der Waals surface area contributed by atoms with Gasteiger partial charge in [0.15, 0.2) is 0 Å². The number of carbonyl (C=O) groups is 1. The van der Waals surface area contributed by atoms with Crippen LogP contribution in [0.5, 0.6) is 0 Å². The molecule has 2 fully saturated rings. The summed E-state index contributed by atoms with van der Waals surface area (Å²) in [7, 11) is -4.08. The van der Waals surface area contributed by atoms with Gasteiger partial charge in [-0.1, -0.05) is 13.8 Å². The predicted octanol–water partition coefficient (Wildman–Crippen LogP) is 0.911. The van der Waals surface area contributed by atoms with Crippen molar-refractivity contribution in [3.05, 3.63) is 12.3 Å². The van der Waals surface area contributed by atoms with E-state index in [-0.39, 0.29) is 23.1 Å². The molecular formula is C14H22N4O4S. The Morgan fingerprint density at radius 3 is 2.39 bits per heavy atom. The maximum Gasteiger partial charge on any atom is 0.265 e. The number of nitrogens with two attached hydrogens (primary N) is 2. The minimum absolute atomic E-state index is 0.0152. The number of aromatic nitrogens is 2. The SMILES string of the molecule is CC1(C)C2CC[C@@]1(CS(=O)(=O)O)C(=O)C2.Nc1ccnc(N)n1. The van der Waals surface area contributed by atoms with E-state index in [0.29, 0.717) is 18.7 Å². The minimum atomic E-state index is -4.08. The molecule has 1 unspecified atom stereocenters. The number of rotatable bonds is 2. The molecule has 128 valence electrons. The molecule has 0 amide bonds. The smallest absolute Gasteiger partial charge is 0.265 e. The van der Waals surface area contributed by atoms with Gasteiger partial charge < -0.3 is 11.5 Å². The van der Waals surface area contributed by atoms with E-state index in [0.717, 1.165) is 6.42 Å². The lowest BCUT2D eigenvalue weighted by Gasteiger charge is -2.35. The summed E-state index contributed by atoms with van der Waals surface area (Å²) in [6, 6.07) is 1.58. The fraction of sp³-hybridized carbons (Fsp3) is 0.643. The summed E-state index contributed by atoms with van der Waals surface area (Å²) in [6.45, 7) is 3.89. The molecule has 0 saturated heterocycles. The van der Waals surface area contributed by atoms with Crippen molar-refractivity contribution >= 4 is 27.7 Å². The van der Waals surface area contributed by atoms with Crippen LogP contribution < -0.4 is 11.5 Å². The Bertz CT molecular complexity index is 702. The molecule has 1 aromatic rings. The first-order valence-corrected chi connectivity index (χ1v) is 8.91. The van der Waals surface area contributed by atoms with Gasteiger partial charge in [0.1, 0.15) is 11.6 Å². The zero-order valence-electron chi connectivity index (χ0n) is 13.2. The van der Waals surface area contributed by atoms with Gasteiger partial charge in [0.05, 0.1) is 11.2 Å². The molecule has 1 heterocycles. The van der Waals surface area contributed by atoms with Gasteiger partial charge in [-0.15, -0.1) is 0 Å². The van der Waals surface area contributed by atoms with Gasteiger partial charge in [-0.2, -0.15) is 13.4 Å². The molecule has 0 radical (unpaired) electrons. The predicted molar refractivity (Wildman–Crippen MR) is 85.8 cm³/mol. The normalized spacial score (nSPS) is 28.3. The third-order valence-corrected chi connectivity index (χ3v) is 6.12. The highest BCUT2D eigenvalue weighted by Gasteiger charge is 2.65. The summed E-state index contributed by atoms with van der Waals surface area (Å²) in [5.74, 6) is 0.512. The van der Waals surface area contributed by atoms with Crippen LogP contribution in [0.4, 0.5) is 11.8 Å². The molecule has 0 aliphatic heterocycles. The zero-order chi connectivity index (χ0) is 17.5. The van der Waals surface area contributed by atoms with Gasteiger partial charge in [-0.05, 0) is 30.2 Å². The maximum atomic E-state index is 11.9. The average molecular weight is 342 g/mol. The maximum absolute atomic E-state index is 11.9. The number of ketones is 1. The van der Waals surface area contributed by atoms with Gasteiger partial charge in [0.25, 0.3) is 10.1 Å². The van der Waals surface area contributed by atoms with Crippen LogP contribution in [0.3, 0.4) is 0 Å². The molecule has 2 saturated carbocycles. The fourth-order valence-corrected chi connectivity index (χ4v) is 5.11. The van der Waals surface area contributed by atoms with Gasteiger partial charge in [0, 0.05) is 12.6 Å². The minimum Gasteiger partial charge on any atom is -0.384 e. The van der Waals surface area contributed by atoms with Crippen molar-refractivity contribution in [2.75, 3.05) is 17.2 Å². The number of fused-ring (bicyclic) bond motifs is 2. The van der Waals surface area contributed by atoms with Crippen LogP contribution in [-0.4, -0.2) is 34.5 Å². The zero-order valence-corrected chi connectivity index (χ0v) is 14.0. The molecule has 0 spiro atoms. The fourth-order valence-electron chi connectivity index (χ4n) is 3.81. The Morgan fingerprint density at radius 1 is 1.39 bits per heavy atom. The van der Waals surface area contributed by atoms with Crippen LogP contribution in [-0.2, 0) is 14.9 Å².